The number of carbonyl (C=O) groups excluding carboxylic acids is 1. The highest BCUT2D eigenvalue weighted by Gasteiger charge is 2.49. The van der Waals surface area contributed by atoms with E-state index in [1.807, 2.05) is 12.1 Å². The predicted octanol–water partition coefficient (Wildman–Crippen LogP) is 3.02. The molecule has 0 unspecified atom stereocenters. The molecule has 0 N–H and O–H groups in total. The quantitative estimate of drug-likeness (QED) is 0.718. The maximum Gasteiger partial charge on any atom is 0.141 e. The van der Waals surface area contributed by atoms with E-state index in [1.165, 1.54) is 11.3 Å². The van der Waals surface area contributed by atoms with Crippen molar-refractivity contribution in [2.75, 3.05) is 0 Å². The second kappa shape index (κ2) is 2.57. The van der Waals surface area contributed by atoms with Crippen LogP contribution in [-0.2, 0) is 10.2 Å². The summed E-state index contributed by atoms with van der Waals surface area (Å²) in [5.41, 5.74) is -0.141. The number of hydrogen-bond donors (Lipinski definition) is 0. The lowest BCUT2D eigenvalue weighted by molar-refractivity contribution is -0.119. The fraction of sp³-hybridized carbons (Fsp3) is 0.444. The van der Waals surface area contributed by atoms with Crippen molar-refractivity contribution in [1.82, 2.24) is 0 Å². The molecule has 0 radical (unpaired) electrons. The molecule has 0 spiro atoms. The normalized spacial score (nSPS) is 19.2. The van der Waals surface area contributed by atoms with Crippen molar-refractivity contribution >= 4 is 28.7 Å². The third-order valence-corrected chi connectivity index (χ3v) is 3.90. The summed E-state index contributed by atoms with van der Waals surface area (Å²) < 4.78 is 0.775. The third kappa shape index (κ3) is 1.10. The van der Waals surface area contributed by atoms with Crippen molar-refractivity contribution in [1.29, 1.82) is 0 Å². The van der Waals surface area contributed by atoms with Gasteiger partial charge in [-0.2, -0.15) is 0 Å². The van der Waals surface area contributed by atoms with Gasteiger partial charge in [-0.15, -0.1) is 11.3 Å². The monoisotopic (exact) mass is 200 g/mol. The summed E-state index contributed by atoms with van der Waals surface area (Å²) in [5, 5.41) is 0. The molecule has 0 aliphatic heterocycles. The van der Waals surface area contributed by atoms with Crippen molar-refractivity contribution in [3.05, 3.63) is 21.3 Å². The summed E-state index contributed by atoms with van der Waals surface area (Å²) in [6.07, 6.45) is 2.00. The smallest absolute Gasteiger partial charge is 0.141 e. The Labute approximate surface area is 80.4 Å². The fourth-order valence-corrected chi connectivity index (χ4v) is 2.81. The van der Waals surface area contributed by atoms with Crippen LogP contribution in [0.3, 0.4) is 0 Å². The summed E-state index contributed by atoms with van der Waals surface area (Å²) >= 11 is 7.34. The largest absolute Gasteiger partial charge is 0.299 e. The Hall–Kier alpha value is -0.340. The van der Waals surface area contributed by atoms with E-state index in [9.17, 15) is 4.79 Å². The van der Waals surface area contributed by atoms with Crippen molar-refractivity contribution in [3.63, 3.8) is 0 Å². The lowest BCUT2D eigenvalue weighted by Crippen LogP contribution is -2.14. The van der Waals surface area contributed by atoms with Gasteiger partial charge in [-0.3, -0.25) is 4.79 Å². The van der Waals surface area contributed by atoms with Gasteiger partial charge >= 0.3 is 0 Å². The van der Waals surface area contributed by atoms with Crippen LogP contribution < -0.4 is 0 Å². The zero-order valence-electron chi connectivity index (χ0n) is 6.76. The standard InChI is InChI=1S/C9H9ClOS/c1-6(11)9(4-5-9)7-2-3-8(10)12-7/h2-3H,4-5H2,1H3. The van der Waals surface area contributed by atoms with Crippen LogP contribution >= 0.6 is 22.9 Å². The average molecular weight is 201 g/mol. The molecule has 0 saturated heterocycles. The maximum atomic E-state index is 11.3. The zero-order chi connectivity index (χ0) is 8.77. The lowest BCUT2D eigenvalue weighted by Gasteiger charge is -2.06. The van der Waals surface area contributed by atoms with Gasteiger partial charge in [0.2, 0.25) is 0 Å². The van der Waals surface area contributed by atoms with Gasteiger partial charge in [0.05, 0.1) is 9.75 Å². The molecule has 1 saturated carbocycles. The Morgan fingerprint density at radius 3 is 2.58 bits per heavy atom. The minimum atomic E-state index is -0.141. The molecule has 1 heterocycles. The number of rotatable bonds is 2. The molecule has 1 aliphatic carbocycles. The Morgan fingerprint density at radius 2 is 2.25 bits per heavy atom. The maximum absolute atomic E-state index is 11.3. The van der Waals surface area contributed by atoms with Crippen LogP contribution in [0.5, 0.6) is 0 Å². The Balaban J connectivity index is 2.36. The topological polar surface area (TPSA) is 17.1 Å². The zero-order valence-corrected chi connectivity index (χ0v) is 8.34. The molecule has 0 atom stereocenters. The first-order valence-corrected chi connectivity index (χ1v) is 5.11. The molecule has 1 fully saturated rings. The van der Waals surface area contributed by atoms with Gasteiger partial charge in [-0.1, -0.05) is 11.6 Å². The molecule has 3 heteroatoms. The summed E-state index contributed by atoms with van der Waals surface area (Å²) in [6.45, 7) is 1.67. The highest BCUT2D eigenvalue weighted by atomic mass is 35.5. The summed E-state index contributed by atoms with van der Waals surface area (Å²) in [4.78, 5) is 12.4. The van der Waals surface area contributed by atoms with E-state index in [0.717, 1.165) is 22.1 Å². The van der Waals surface area contributed by atoms with Gasteiger partial charge in [0, 0.05) is 4.88 Å². The molecule has 2 rings (SSSR count). The second-order valence-corrected chi connectivity index (χ2v) is 4.96. The molecule has 0 amide bonds. The first-order valence-electron chi connectivity index (χ1n) is 3.92. The number of halogens is 1. The summed E-state index contributed by atoms with van der Waals surface area (Å²) in [7, 11) is 0. The predicted molar refractivity (Wildman–Crippen MR) is 50.9 cm³/mol. The van der Waals surface area contributed by atoms with E-state index < -0.39 is 0 Å². The van der Waals surface area contributed by atoms with E-state index >= 15 is 0 Å². The molecule has 12 heavy (non-hydrogen) atoms. The minimum Gasteiger partial charge on any atom is -0.299 e. The van der Waals surface area contributed by atoms with Gasteiger partial charge in [0.1, 0.15) is 5.78 Å². The first-order chi connectivity index (χ1) is 5.65. The molecule has 1 nitrogen and oxygen atoms in total. The summed E-state index contributed by atoms with van der Waals surface area (Å²) in [6, 6.07) is 3.84. The van der Waals surface area contributed by atoms with E-state index in [-0.39, 0.29) is 11.2 Å². The van der Waals surface area contributed by atoms with Crippen LogP contribution in [0.2, 0.25) is 4.34 Å². The number of ketones is 1. The summed E-state index contributed by atoms with van der Waals surface area (Å²) in [5.74, 6) is 0.279. The van der Waals surface area contributed by atoms with Gasteiger partial charge in [-0.25, -0.2) is 0 Å². The van der Waals surface area contributed by atoms with Crippen molar-refractivity contribution in [3.8, 4) is 0 Å². The van der Waals surface area contributed by atoms with Crippen molar-refractivity contribution < 1.29 is 4.79 Å². The Kier molecular flexibility index (Phi) is 1.77. The van der Waals surface area contributed by atoms with E-state index in [1.54, 1.807) is 6.92 Å². The van der Waals surface area contributed by atoms with Crippen molar-refractivity contribution in [2.45, 2.75) is 25.2 Å². The minimum absolute atomic E-state index is 0.141. The van der Waals surface area contributed by atoms with Crippen LogP contribution in [0.25, 0.3) is 0 Å². The second-order valence-electron chi connectivity index (χ2n) is 3.24. The number of Topliss-reactive ketones (excluding diaryl/α,β-unsaturated/α-hetero) is 1. The van der Waals surface area contributed by atoms with E-state index in [2.05, 4.69) is 0 Å². The molecule has 1 aromatic heterocycles. The highest BCUT2D eigenvalue weighted by Crippen LogP contribution is 2.51. The fourth-order valence-electron chi connectivity index (χ4n) is 1.47. The van der Waals surface area contributed by atoms with Gasteiger partial charge in [-0.05, 0) is 31.9 Å². The number of thiophene rings is 1. The van der Waals surface area contributed by atoms with Crippen LogP contribution in [0.4, 0.5) is 0 Å². The van der Waals surface area contributed by atoms with E-state index in [0.29, 0.717) is 0 Å². The molecule has 1 aromatic rings. The van der Waals surface area contributed by atoms with Crippen LogP contribution in [0, 0.1) is 0 Å². The average Bonchev–Trinajstić information content (AvgIpc) is 2.71. The van der Waals surface area contributed by atoms with Gasteiger partial charge in [0.15, 0.2) is 0 Å². The number of carbonyl (C=O) groups is 1. The van der Waals surface area contributed by atoms with Crippen LogP contribution in [0.1, 0.15) is 24.6 Å². The van der Waals surface area contributed by atoms with Gasteiger partial charge in [0.25, 0.3) is 0 Å². The molecule has 0 aromatic carbocycles. The first kappa shape index (κ1) is 8.27. The van der Waals surface area contributed by atoms with E-state index in [4.69, 9.17) is 11.6 Å². The van der Waals surface area contributed by atoms with Gasteiger partial charge < -0.3 is 0 Å². The molecule has 0 bridgehead atoms. The van der Waals surface area contributed by atoms with Crippen LogP contribution in [-0.4, -0.2) is 5.78 Å². The number of hydrogen-bond acceptors (Lipinski definition) is 2. The SMILES string of the molecule is CC(=O)C1(c2ccc(Cl)s2)CC1. The van der Waals surface area contributed by atoms with Crippen molar-refractivity contribution in [2.24, 2.45) is 0 Å². The highest BCUT2D eigenvalue weighted by molar-refractivity contribution is 7.16. The Bertz CT molecular complexity index is 325. The molecular weight excluding hydrogens is 192 g/mol. The molecular formula is C9H9ClOS. The third-order valence-electron chi connectivity index (χ3n) is 2.47. The molecule has 64 valence electrons. The molecule has 1 aliphatic rings. The van der Waals surface area contributed by atoms with Crippen LogP contribution in [0.15, 0.2) is 12.1 Å². The Morgan fingerprint density at radius 1 is 1.58 bits per heavy atom. The lowest BCUT2D eigenvalue weighted by atomic mass is 10.0.